The maximum atomic E-state index is 12.7. The van der Waals surface area contributed by atoms with E-state index in [0.29, 0.717) is 35.4 Å². The molecule has 0 saturated heterocycles. The van der Waals surface area contributed by atoms with Crippen LogP contribution in [-0.4, -0.2) is 23.4 Å². The Bertz CT molecular complexity index is 1250. The Hall–Kier alpha value is -3.72. The van der Waals surface area contributed by atoms with Gasteiger partial charge in [-0.15, -0.1) is 0 Å². The van der Waals surface area contributed by atoms with E-state index in [2.05, 4.69) is 37.3 Å². The number of hydrogen-bond donors (Lipinski definition) is 3. The number of aryl methyl sites for hydroxylation is 1. The number of halogens is 1. The molecular formula is C25H23BrN4O4. The van der Waals surface area contributed by atoms with Gasteiger partial charge in [0.1, 0.15) is 5.76 Å². The second-order valence-corrected chi connectivity index (χ2v) is 8.79. The van der Waals surface area contributed by atoms with Crippen molar-refractivity contribution in [3.63, 3.8) is 0 Å². The van der Waals surface area contributed by atoms with Crippen LogP contribution in [0.3, 0.4) is 0 Å². The lowest BCUT2D eigenvalue weighted by atomic mass is 9.93. The van der Waals surface area contributed by atoms with Gasteiger partial charge in [0.15, 0.2) is 5.76 Å². The summed E-state index contributed by atoms with van der Waals surface area (Å²) >= 11 is 3.34. The number of rotatable bonds is 5. The smallest absolute Gasteiger partial charge is 0.305 e. The lowest BCUT2D eigenvalue weighted by molar-refractivity contribution is -0.121. The summed E-state index contributed by atoms with van der Waals surface area (Å²) in [5, 5.41) is 4.32. The van der Waals surface area contributed by atoms with E-state index in [-0.39, 0.29) is 24.0 Å². The lowest BCUT2D eigenvalue weighted by Gasteiger charge is -2.13. The molecule has 0 spiro atoms. The summed E-state index contributed by atoms with van der Waals surface area (Å²) in [4.78, 5) is 37.3. The second kappa shape index (κ2) is 10.5. The highest BCUT2D eigenvalue weighted by molar-refractivity contribution is 9.10. The summed E-state index contributed by atoms with van der Waals surface area (Å²) in [5.41, 5.74) is 10.7. The molecule has 1 aromatic heterocycles. The van der Waals surface area contributed by atoms with Crippen LogP contribution in [0.5, 0.6) is 0 Å². The van der Waals surface area contributed by atoms with E-state index in [1.165, 1.54) is 0 Å². The monoisotopic (exact) mass is 522 g/mol. The number of hydrogen-bond acceptors (Lipinski definition) is 5. The van der Waals surface area contributed by atoms with E-state index in [4.69, 9.17) is 4.42 Å². The fourth-order valence-electron chi connectivity index (χ4n) is 3.79. The molecule has 0 aliphatic heterocycles. The number of benzene rings is 2. The van der Waals surface area contributed by atoms with Crippen LogP contribution in [0.2, 0.25) is 0 Å². The summed E-state index contributed by atoms with van der Waals surface area (Å²) in [6.07, 6.45) is 2.22. The minimum Gasteiger partial charge on any atom is -0.455 e. The quantitative estimate of drug-likeness (QED) is 0.442. The molecule has 4 rings (SSSR count). The van der Waals surface area contributed by atoms with Crippen molar-refractivity contribution in [2.24, 2.45) is 5.10 Å². The molecule has 0 bridgehead atoms. The third-order valence-electron chi connectivity index (χ3n) is 5.45. The normalized spacial score (nSPS) is 13.8. The topological polar surface area (TPSA) is 113 Å². The summed E-state index contributed by atoms with van der Waals surface area (Å²) in [5.74, 6) is -0.467. The Morgan fingerprint density at radius 3 is 2.44 bits per heavy atom. The number of amides is 3. The van der Waals surface area contributed by atoms with E-state index < -0.39 is 5.91 Å². The van der Waals surface area contributed by atoms with Gasteiger partial charge in [0, 0.05) is 27.6 Å². The second-order valence-electron chi connectivity index (χ2n) is 7.88. The predicted molar refractivity (Wildman–Crippen MR) is 130 cm³/mol. The van der Waals surface area contributed by atoms with Crippen LogP contribution in [0.1, 0.15) is 56.2 Å². The largest absolute Gasteiger partial charge is 0.455 e. The van der Waals surface area contributed by atoms with Crippen molar-refractivity contribution >= 4 is 39.4 Å². The number of fused-ring (bicyclic) bond motifs is 1. The zero-order valence-corrected chi connectivity index (χ0v) is 20.1. The third-order valence-corrected chi connectivity index (χ3v) is 5.98. The van der Waals surface area contributed by atoms with Crippen molar-refractivity contribution in [1.29, 1.82) is 0 Å². The van der Waals surface area contributed by atoms with E-state index in [0.717, 1.165) is 22.0 Å². The molecule has 2 aromatic carbocycles. The fourth-order valence-corrected chi connectivity index (χ4v) is 4.05. The molecule has 8 nitrogen and oxygen atoms in total. The van der Waals surface area contributed by atoms with Crippen molar-refractivity contribution in [2.45, 2.75) is 32.6 Å². The maximum Gasteiger partial charge on any atom is 0.305 e. The molecule has 3 aromatic rings. The van der Waals surface area contributed by atoms with E-state index in [9.17, 15) is 14.4 Å². The molecule has 0 saturated carbocycles. The average Bonchev–Trinajstić information content (AvgIpc) is 3.19. The molecular weight excluding hydrogens is 500 g/mol. The molecule has 0 unspecified atom stereocenters. The van der Waals surface area contributed by atoms with Crippen molar-refractivity contribution < 1.29 is 18.8 Å². The van der Waals surface area contributed by atoms with Gasteiger partial charge in [0.05, 0.1) is 12.1 Å². The fraction of sp³-hybridized carbons (Fsp3) is 0.200. The maximum absolute atomic E-state index is 12.7. The summed E-state index contributed by atoms with van der Waals surface area (Å²) in [6, 6.07) is 16.2. The molecule has 9 heteroatoms. The van der Waals surface area contributed by atoms with Gasteiger partial charge in [-0.3, -0.25) is 25.2 Å². The van der Waals surface area contributed by atoms with Gasteiger partial charge < -0.3 is 4.42 Å². The van der Waals surface area contributed by atoms with Crippen LogP contribution in [0.15, 0.2) is 68.6 Å². The number of furan rings is 1. The first-order chi connectivity index (χ1) is 16.4. The van der Waals surface area contributed by atoms with Gasteiger partial charge in [0.2, 0.25) is 5.91 Å². The summed E-state index contributed by atoms with van der Waals surface area (Å²) in [6.45, 7) is 1.76. The molecule has 1 aliphatic rings. The number of hydrazine groups is 1. The van der Waals surface area contributed by atoms with Crippen molar-refractivity contribution in [3.8, 4) is 0 Å². The first-order valence-corrected chi connectivity index (χ1v) is 11.6. The third kappa shape index (κ3) is 5.43. The zero-order chi connectivity index (χ0) is 24.1. The van der Waals surface area contributed by atoms with Gasteiger partial charge >= 0.3 is 5.91 Å². The summed E-state index contributed by atoms with van der Waals surface area (Å²) < 4.78 is 6.70. The zero-order valence-electron chi connectivity index (χ0n) is 18.5. The van der Waals surface area contributed by atoms with Crippen LogP contribution in [0.25, 0.3) is 0 Å². The van der Waals surface area contributed by atoms with Crippen LogP contribution in [0, 0.1) is 6.92 Å². The number of carbonyl (C=O) groups is 3. The van der Waals surface area contributed by atoms with Crippen LogP contribution in [-0.2, 0) is 17.6 Å². The number of hydrazone groups is 1. The van der Waals surface area contributed by atoms with Crippen LogP contribution in [0.4, 0.5) is 0 Å². The Morgan fingerprint density at radius 1 is 0.971 bits per heavy atom. The van der Waals surface area contributed by atoms with E-state index in [1.54, 1.807) is 31.2 Å². The highest BCUT2D eigenvalue weighted by Crippen LogP contribution is 2.29. The highest BCUT2D eigenvalue weighted by atomic mass is 79.9. The molecule has 0 atom stereocenters. The van der Waals surface area contributed by atoms with Crippen LogP contribution >= 0.6 is 15.9 Å². The van der Waals surface area contributed by atoms with Crippen molar-refractivity contribution in [2.75, 3.05) is 0 Å². The molecule has 0 radical (unpaired) electrons. The molecule has 3 N–H and O–H groups in total. The van der Waals surface area contributed by atoms with E-state index in [1.807, 2.05) is 30.3 Å². The lowest BCUT2D eigenvalue weighted by Crippen LogP contribution is -2.42. The predicted octanol–water partition coefficient (Wildman–Crippen LogP) is 3.82. The summed E-state index contributed by atoms with van der Waals surface area (Å²) in [7, 11) is 0. The number of nitrogens with zero attached hydrogens (tertiary/aromatic N) is 1. The number of nitrogens with one attached hydrogen (secondary N) is 3. The molecule has 174 valence electrons. The molecule has 0 fully saturated rings. The minimum atomic E-state index is -0.549. The van der Waals surface area contributed by atoms with E-state index >= 15 is 0 Å². The van der Waals surface area contributed by atoms with Gasteiger partial charge in [-0.05, 0) is 49.6 Å². The van der Waals surface area contributed by atoms with Crippen LogP contribution < -0.4 is 16.3 Å². The van der Waals surface area contributed by atoms with Gasteiger partial charge in [-0.1, -0.05) is 46.3 Å². The van der Waals surface area contributed by atoms with Gasteiger partial charge in [0.25, 0.3) is 5.91 Å². The first-order valence-electron chi connectivity index (χ1n) is 10.8. The minimum absolute atomic E-state index is 0.110. The molecule has 34 heavy (non-hydrogen) atoms. The Morgan fingerprint density at radius 2 is 1.71 bits per heavy atom. The van der Waals surface area contributed by atoms with Crippen molar-refractivity contribution in [1.82, 2.24) is 16.3 Å². The SMILES string of the molecule is Cc1c(C(=O)NNC(=O)Cc2ccccc2)oc2c1/C(=N/NC(=O)c1ccc(Br)cc1)CCC2. The number of carbonyl (C=O) groups excluding carboxylic acids is 3. The van der Waals surface area contributed by atoms with Crippen molar-refractivity contribution in [3.05, 3.63) is 92.8 Å². The highest BCUT2D eigenvalue weighted by Gasteiger charge is 2.28. The molecule has 1 aliphatic carbocycles. The molecule has 3 amide bonds. The first kappa shape index (κ1) is 23.4. The van der Waals surface area contributed by atoms with Gasteiger partial charge in [-0.2, -0.15) is 5.10 Å². The molecule has 1 heterocycles. The Labute approximate surface area is 204 Å². The Kier molecular flexibility index (Phi) is 7.22. The average molecular weight is 523 g/mol. The van der Waals surface area contributed by atoms with Gasteiger partial charge in [-0.25, -0.2) is 5.43 Å². The Balaban J connectivity index is 1.43. The standard InChI is InChI=1S/C25H23BrN4O4/c1-15-22-19(27-29-24(32)17-10-12-18(26)13-11-17)8-5-9-20(22)34-23(15)25(33)30-28-21(31)14-16-6-3-2-4-7-16/h2-4,6-7,10-13H,5,8-9,14H2,1H3,(H,28,31)(H,29,32)(H,30,33)/b27-19+.